The summed E-state index contributed by atoms with van der Waals surface area (Å²) in [4.78, 5) is 34.5. The average molecular weight is 977 g/mol. The highest BCUT2D eigenvalue weighted by molar-refractivity contribution is 7.32. The molecule has 1 unspecified atom stereocenters. The number of benzene rings is 6. The van der Waals surface area contributed by atoms with Crippen LogP contribution in [0.4, 0.5) is 4.39 Å². The molecule has 5 atom stereocenters. The van der Waals surface area contributed by atoms with Crippen molar-refractivity contribution >= 4 is 25.2 Å². The molecule has 1 aliphatic heterocycles. The molecule has 360 valence electrons. The van der Waals surface area contributed by atoms with Gasteiger partial charge in [0.15, 0.2) is 29.7 Å². The molecular weight excluding hydrogens is 929 g/mol. The molecule has 1 N–H and O–H groups in total. The van der Waals surface area contributed by atoms with Crippen LogP contribution in [0.1, 0.15) is 39.6 Å². The summed E-state index contributed by atoms with van der Waals surface area (Å²) in [7, 11) is 2.98. The number of ether oxygens (including phenoxy) is 6. The molecule has 9 aromatic rings. The van der Waals surface area contributed by atoms with E-state index in [2.05, 4.69) is 4.98 Å². The summed E-state index contributed by atoms with van der Waals surface area (Å²) in [6.45, 7) is -0.383. The Bertz CT molecular complexity index is 3260. The SMILES string of the molecule is COc1ccc(C(OC[C@H]2O[C@@H](n3cnc4c(=O)n5ccn(C(c6ccccc6)(c6ccc(OC)cc6)c6ccc(OC)cc6)c5nc43)[C@H](O[P+](=O)O)[C@@H]2F)(c2ccccc2)c2ccc(OC)cc2)cc1. The van der Waals surface area contributed by atoms with Crippen LogP contribution in [0.15, 0.2) is 181 Å². The summed E-state index contributed by atoms with van der Waals surface area (Å²) in [5.74, 6) is 2.70. The lowest BCUT2D eigenvalue weighted by Gasteiger charge is -2.37. The van der Waals surface area contributed by atoms with Crippen molar-refractivity contribution in [3.05, 3.63) is 220 Å². The first-order chi connectivity index (χ1) is 34.6. The first-order valence-electron chi connectivity index (χ1n) is 22.6. The van der Waals surface area contributed by atoms with E-state index in [0.717, 1.165) is 22.3 Å². The van der Waals surface area contributed by atoms with Gasteiger partial charge in [0.05, 0.1) is 41.4 Å². The minimum absolute atomic E-state index is 0.0111. The van der Waals surface area contributed by atoms with Crippen LogP contribution in [0, 0.1) is 0 Å². The third-order valence-corrected chi connectivity index (χ3v) is 13.6. The zero-order chi connectivity index (χ0) is 49.3. The number of rotatable bonds is 17. The molecule has 0 aliphatic carbocycles. The minimum atomic E-state index is -3.36. The van der Waals surface area contributed by atoms with Gasteiger partial charge in [-0.25, -0.2) is 13.8 Å². The Labute approximate surface area is 408 Å². The molecule has 0 spiro atoms. The predicted molar refractivity (Wildman–Crippen MR) is 262 cm³/mol. The Morgan fingerprint density at radius 3 is 1.58 bits per heavy atom. The molecule has 3 aromatic heterocycles. The number of nitrogens with zero attached hydrogens (tertiary/aromatic N) is 5. The van der Waals surface area contributed by atoms with E-state index in [4.69, 9.17) is 37.9 Å². The van der Waals surface area contributed by atoms with Gasteiger partial charge in [0, 0.05) is 17.0 Å². The zero-order valence-corrected chi connectivity index (χ0v) is 39.8. The molecule has 6 aromatic carbocycles. The highest BCUT2D eigenvalue weighted by Crippen LogP contribution is 2.46. The Hall–Kier alpha value is -7.72. The average Bonchev–Trinajstić information content (AvgIpc) is 4.14. The largest absolute Gasteiger partial charge is 0.695 e. The van der Waals surface area contributed by atoms with E-state index in [1.54, 1.807) is 40.8 Å². The van der Waals surface area contributed by atoms with Crippen molar-refractivity contribution in [1.82, 2.24) is 23.5 Å². The molecule has 17 heteroatoms. The smallest absolute Gasteiger partial charge is 0.497 e. The van der Waals surface area contributed by atoms with Crippen LogP contribution >= 0.6 is 8.25 Å². The summed E-state index contributed by atoms with van der Waals surface area (Å²) in [5.41, 5.74) is 1.43. The van der Waals surface area contributed by atoms with Crippen LogP contribution in [0.2, 0.25) is 0 Å². The molecule has 4 heterocycles. The first kappa shape index (κ1) is 47.0. The van der Waals surface area contributed by atoms with E-state index in [-0.39, 0.29) is 23.5 Å². The molecule has 1 fully saturated rings. The van der Waals surface area contributed by atoms with Gasteiger partial charge in [0.2, 0.25) is 5.78 Å². The van der Waals surface area contributed by atoms with Crippen molar-refractivity contribution < 1.29 is 46.8 Å². The molecule has 0 saturated carbocycles. The Morgan fingerprint density at radius 1 is 0.648 bits per heavy atom. The molecule has 10 rings (SSSR count). The molecule has 0 bridgehead atoms. The Morgan fingerprint density at radius 2 is 1.10 bits per heavy atom. The Balaban J connectivity index is 1.11. The number of fused-ring (bicyclic) bond motifs is 2. The monoisotopic (exact) mass is 976 g/mol. The molecule has 15 nitrogen and oxygen atoms in total. The molecule has 0 radical (unpaired) electrons. The number of hydrogen-bond acceptors (Lipinski definition) is 11. The third kappa shape index (κ3) is 8.18. The van der Waals surface area contributed by atoms with Gasteiger partial charge in [-0.1, -0.05) is 109 Å². The van der Waals surface area contributed by atoms with Gasteiger partial charge >= 0.3 is 8.25 Å². The summed E-state index contributed by atoms with van der Waals surface area (Å²) in [5, 5.41) is 0. The highest BCUT2D eigenvalue weighted by Gasteiger charge is 2.53. The number of methoxy groups -OCH3 is 4. The molecule has 0 amide bonds. The molecule has 71 heavy (non-hydrogen) atoms. The molecule has 1 saturated heterocycles. The normalized spacial score (nSPS) is 17.4. The standard InChI is InChI=1S/C54H47FN5O10P/c1-64-41-23-15-36(16-24-41)53(35-11-7-5-8-12-35,37-17-25-42(65-2)26-18-37)60-32-31-58-50(61)47-49(57-52(58)60)59(34-56-47)51-48(70-71(62)63)46(55)45(69-51)33-68-54(38-13-9-6-10-14-38,39-19-27-43(66-3)28-20-39)40-21-29-44(67-4)30-22-40/h5-32,34,45-46,48,51H,33H2,1-4H3/p+1/t45-,46-,48-,51-/m1/s1. The number of hydrogen-bond donors (Lipinski definition) is 1. The van der Waals surface area contributed by atoms with Crippen LogP contribution in [-0.4, -0.2) is 81.8 Å². The maximum absolute atomic E-state index is 17.3. The number of halogens is 1. The van der Waals surface area contributed by atoms with Crippen molar-refractivity contribution in [2.75, 3.05) is 35.0 Å². The highest BCUT2D eigenvalue weighted by atomic mass is 31.1. The van der Waals surface area contributed by atoms with Gasteiger partial charge in [-0.15, -0.1) is 9.42 Å². The lowest BCUT2D eigenvalue weighted by atomic mass is 9.76. The van der Waals surface area contributed by atoms with Gasteiger partial charge in [-0.05, 0) is 81.9 Å². The van der Waals surface area contributed by atoms with Crippen molar-refractivity contribution in [2.24, 2.45) is 0 Å². The van der Waals surface area contributed by atoms with E-state index in [1.165, 1.54) is 15.3 Å². The van der Waals surface area contributed by atoms with E-state index >= 15 is 4.39 Å². The van der Waals surface area contributed by atoms with Crippen molar-refractivity contribution in [3.63, 3.8) is 0 Å². The van der Waals surface area contributed by atoms with Gasteiger partial charge in [-0.3, -0.25) is 13.9 Å². The summed E-state index contributed by atoms with van der Waals surface area (Å²) in [6, 6.07) is 49.3. The molecule has 1 aliphatic rings. The number of alkyl halides is 1. The van der Waals surface area contributed by atoms with Gasteiger partial charge in [0.25, 0.3) is 5.56 Å². The van der Waals surface area contributed by atoms with Gasteiger partial charge < -0.3 is 28.4 Å². The fourth-order valence-corrected chi connectivity index (χ4v) is 10.2. The van der Waals surface area contributed by atoms with E-state index < -0.39 is 49.6 Å². The maximum atomic E-state index is 17.3. The fraction of sp³-hybridized carbons (Fsp3) is 0.204. The number of imidazole rings is 2. The van der Waals surface area contributed by atoms with E-state index in [9.17, 15) is 14.3 Å². The summed E-state index contributed by atoms with van der Waals surface area (Å²) < 4.78 is 75.6. The van der Waals surface area contributed by atoms with Crippen LogP contribution < -0.4 is 24.5 Å². The molecular formula is C54H48FN5O10P+. The predicted octanol–water partition coefficient (Wildman–Crippen LogP) is 9.00. The van der Waals surface area contributed by atoms with Crippen molar-refractivity contribution in [1.29, 1.82) is 0 Å². The quantitative estimate of drug-likeness (QED) is 0.0683. The third-order valence-electron chi connectivity index (χ3n) is 13.1. The van der Waals surface area contributed by atoms with Crippen LogP contribution in [0.5, 0.6) is 23.0 Å². The lowest BCUT2D eigenvalue weighted by Crippen LogP contribution is -2.38. The van der Waals surface area contributed by atoms with Crippen LogP contribution in [-0.2, 0) is 29.7 Å². The van der Waals surface area contributed by atoms with Crippen LogP contribution in [0.3, 0.4) is 0 Å². The second-order valence-corrected chi connectivity index (χ2v) is 17.4. The Kier molecular flexibility index (Phi) is 13.0. The second kappa shape index (κ2) is 19.6. The fourth-order valence-electron chi connectivity index (χ4n) is 9.73. The van der Waals surface area contributed by atoms with E-state index in [0.29, 0.717) is 34.1 Å². The van der Waals surface area contributed by atoms with Crippen molar-refractivity contribution in [2.45, 2.75) is 35.7 Å². The van der Waals surface area contributed by atoms with Crippen molar-refractivity contribution in [3.8, 4) is 23.0 Å². The summed E-state index contributed by atoms with van der Waals surface area (Å²) in [6.07, 6.45) is -1.87. The van der Waals surface area contributed by atoms with Gasteiger partial charge in [0.1, 0.15) is 40.2 Å². The number of aromatic nitrogens is 5. The topological polar surface area (TPSA) is 159 Å². The van der Waals surface area contributed by atoms with E-state index in [1.807, 2.05) is 162 Å². The second-order valence-electron chi connectivity index (χ2n) is 16.7. The first-order valence-corrected chi connectivity index (χ1v) is 23.7. The van der Waals surface area contributed by atoms with Crippen LogP contribution in [0.25, 0.3) is 16.9 Å². The summed E-state index contributed by atoms with van der Waals surface area (Å²) >= 11 is 0. The van der Waals surface area contributed by atoms with Gasteiger partial charge in [-0.2, -0.15) is 4.98 Å². The lowest BCUT2D eigenvalue weighted by molar-refractivity contribution is -0.0885. The minimum Gasteiger partial charge on any atom is -0.497 e. The zero-order valence-electron chi connectivity index (χ0n) is 38.9. The maximum Gasteiger partial charge on any atom is 0.695 e.